The molecule has 2 aromatic heterocycles. The van der Waals surface area contributed by atoms with E-state index in [2.05, 4.69) is 5.32 Å². The number of methoxy groups -OCH3 is 1. The Morgan fingerprint density at radius 2 is 1.96 bits per heavy atom. The van der Waals surface area contributed by atoms with Crippen LogP contribution in [0.4, 0.5) is 0 Å². The normalized spacial score (nSPS) is 12.1. The van der Waals surface area contributed by atoms with Crippen molar-refractivity contribution < 1.29 is 23.5 Å². The van der Waals surface area contributed by atoms with Gasteiger partial charge in [0.05, 0.1) is 19.5 Å². The zero-order valence-corrected chi connectivity index (χ0v) is 15.2. The second-order valence-electron chi connectivity index (χ2n) is 6.31. The molecule has 0 aliphatic carbocycles. The van der Waals surface area contributed by atoms with Crippen molar-refractivity contribution in [2.75, 3.05) is 13.7 Å². The van der Waals surface area contributed by atoms with Crippen molar-refractivity contribution in [3.63, 3.8) is 0 Å². The number of benzene rings is 2. The number of para-hydroxylation sites is 1. The lowest BCUT2D eigenvalue weighted by molar-refractivity contribution is 0.0891. The fraction of sp³-hybridized carbons (Fsp3) is 0.136. The van der Waals surface area contributed by atoms with Crippen LogP contribution in [0.25, 0.3) is 22.3 Å². The van der Waals surface area contributed by atoms with Crippen molar-refractivity contribution in [3.05, 3.63) is 78.3 Å². The number of fused-ring (bicyclic) bond motifs is 1. The summed E-state index contributed by atoms with van der Waals surface area (Å²) in [7, 11) is 1.55. The second-order valence-corrected chi connectivity index (χ2v) is 6.31. The highest BCUT2D eigenvalue weighted by atomic mass is 16.5. The molecule has 0 aliphatic rings. The molecule has 6 nitrogen and oxygen atoms in total. The molecule has 4 rings (SSSR count). The van der Waals surface area contributed by atoms with Gasteiger partial charge in [-0.05, 0) is 29.8 Å². The Balaban J connectivity index is 1.41. The van der Waals surface area contributed by atoms with Gasteiger partial charge in [0.2, 0.25) is 0 Å². The summed E-state index contributed by atoms with van der Waals surface area (Å²) >= 11 is 0. The van der Waals surface area contributed by atoms with Gasteiger partial charge in [0, 0.05) is 17.5 Å². The molecule has 0 bridgehead atoms. The molecule has 4 aromatic rings. The molecule has 0 saturated carbocycles. The predicted octanol–water partition coefficient (Wildman–Crippen LogP) is 4.16. The standard InChI is InChI=1S/C22H19NO5/c1-26-19-5-2-4-16-12-20(28-21(16)19)22(25)23-13-17(24)14-7-9-15(10-8-14)18-6-3-11-27-18/h2-12,17,24H,13H2,1H3,(H,23,25). The van der Waals surface area contributed by atoms with Gasteiger partial charge in [0.1, 0.15) is 5.76 Å². The fourth-order valence-electron chi connectivity index (χ4n) is 3.02. The van der Waals surface area contributed by atoms with Crippen molar-refractivity contribution in [2.45, 2.75) is 6.10 Å². The Kier molecular flexibility index (Phi) is 4.87. The van der Waals surface area contributed by atoms with Crippen molar-refractivity contribution >= 4 is 16.9 Å². The first kappa shape index (κ1) is 17.9. The summed E-state index contributed by atoms with van der Waals surface area (Å²) in [6.45, 7) is 0.0626. The summed E-state index contributed by atoms with van der Waals surface area (Å²) in [5.74, 6) is 1.09. The van der Waals surface area contributed by atoms with Crippen LogP contribution in [-0.4, -0.2) is 24.7 Å². The number of aliphatic hydroxyl groups is 1. The number of hydrogen-bond acceptors (Lipinski definition) is 5. The van der Waals surface area contributed by atoms with Crippen LogP contribution in [0.3, 0.4) is 0 Å². The molecule has 28 heavy (non-hydrogen) atoms. The minimum absolute atomic E-state index is 0.0626. The van der Waals surface area contributed by atoms with E-state index in [0.29, 0.717) is 16.9 Å². The highest BCUT2D eigenvalue weighted by Gasteiger charge is 2.16. The maximum atomic E-state index is 12.4. The van der Waals surface area contributed by atoms with Crippen molar-refractivity contribution in [1.29, 1.82) is 0 Å². The summed E-state index contributed by atoms with van der Waals surface area (Å²) < 4.78 is 16.2. The number of furan rings is 2. The van der Waals surface area contributed by atoms with E-state index < -0.39 is 12.0 Å². The molecule has 0 spiro atoms. The molecule has 1 amide bonds. The van der Waals surface area contributed by atoms with E-state index in [1.54, 1.807) is 37.6 Å². The molecular weight excluding hydrogens is 358 g/mol. The minimum atomic E-state index is -0.839. The van der Waals surface area contributed by atoms with Crippen LogP contribution in [0.5, 0.6) is 5.75 Å². The molecule has 2 N–H and O–H groups in total. The van der Waals surface area contributed by atoms with E-state index in [0.717, 1.165) is 16.7 Å². The molecule has 0 radical (unpaired) electrons. The van der Waals surface area contributed by atoms with Gasteiger partial charge in [-0.3, -0.25) is 4.79 Å². The maximum absolute atomic E-state index is 12.4. The van der Waals surface area contributed by atoms with Crippen LogP contribution >= 0.6 is 0 Å². The molecule has 0 aliphatic heterocycles. The first-order chi connectivity index (χ1) is 13.7. The van der Waals surface area contributed by atoms with Gasteiger partial charge in [-0.25, -0.2) is 0 Å². The van der Waals surface area contributed by atoms with Crippen molar-refractivity contribution in [3.8, 4) is 17.1 Å². The molecule has 2 heterocycles. The first-order valence-electron chi connectivity index (χ1n) is 8.82. The lowest BCUT2D eigenvalue weighted by Gasteiger charge is -2.12. The van der Waals surface area contributed by atoms with Crippen LogP contribution in [0.15, 0.2) is 75.8 Å². The van der Waals surface area contributed by atoms with E-state index in [-0.39, 0.29) is 12.3 Å². The van der Waals surface area contributed by atoms with E-state index in [1.165, 1.54) is 0 Å². The number of hydrogen-bond donors (Lipinski definition) is 2. The number of carbonyl (C=O) groups excluding carboxylic acids is 1. The number of amides is 1. The highest BCUT2D eigenvalue weighted by molar-refractivity contribution is 5.97. The fourth-order valence-corrected chi connectivity index (χ4v) is 3.02. The van der Waals surface area contributed by atoms with Gasteiger partial charge >= 0.3 is 0 Å². The Bertz CT molecular complexity index is 1080. The summed E-state index contributed by atoms with van der Waals surface area (Å²) in [5.41, 5.74) is 2.13. The summed E-state index contributed by atoms with van der Waals surface area (Å²) in [6.07, 6.45) is 0.773. The van der Waals surface area contributed by atoms with Crippen LogP contribution in [0.1, 0.15) is 22.2 Å². The zero-order valence-electron chi connectivity index (χ0n) is 15.2. The second kappa shape index (κ2) is 7.62. The average Bonchev–Trinajstić information content (AvgIpc) is 3.41. The van der Waals surface area contributed by atoms with Gasteiger partial charge in [0.15, 0.2) is 17.1 Å². The topological polar surface area (TPSA) is 84.8 Å². The summed E-state index contributed by atoms with van der Waals surface area (Å²) in [6, 6.07) is 18.1. The SMILES string of the molecule is COc1cccc2cc(C(=O)NCC(O)c3ccc(-c4ccco4)cc3)oc12. The third-order valence-corrected chi connectivity index (χ3v) is 4.51. The Morgan fingerprint density at radius 1 is 1.14 bits per heavy atom. The minimum Gasteiger partial charge on any atom is -0.493 e. The Hall–Kier alpha value is -3.51. The smallest absolute Gasteiger partial charge is 0.287 e. The van der Waals surface area contributed by atoms with Crippen molar-refractivity contribution in [2.24, 2.45) is 0 Å². The molecule has 142 valence electrons. The van der Waals surface area contributed by atoms with Gasteiger partial charge in [0.25, 0.3) is 5.91 Å². The quantitative estimate of drug-likeness (QED) is 0.527. The number of carbonyl (C=O) groups is 1. The molecule has 1 atom stereocenters. The van der Waals surface area contributed by atoms with Crippen LogP contribution in [0.2, 0.25) is 0 Å². The predicted molar refractivity (Wildman–Crippen MR) is 104 cm³/mol. The van der Waals surface area contributed by atoms with Gasteiger partial charge in [-0.2, -0.15) is 0 Å². The zero-order chi connectivity index (χ0) is 19.5. The molecule has 0 saturated heterocycles. The Labute approximate surface area is 161 Å². The van der Waals surface area contributed by atoms with Gasteiger partial charge < -0.3 is 24.0 Å². The van der Waals surface area contributed by atoms with Crippen LogP contribution in [0, 0.1) is 0 Å². The first-order valence-corrected chi connectivity index (χ1v) is 8.82. The lowest BCUT2D eigenvalue weighted by Crippen LogP contribution is -2.28. The monoisotopic (exact) mass is 377 g/mol. The van der Waals surface area contributed by atoms with Crippen LogP contribution < -0.4 is 10.1 Å². The lowest BCUT2D eigenvalue weighted by atomic mass is 10.1. The van der Waals surface area contributed by atoms with Crippen LogP contribution in [-0.2, 0) is 0 Å². The number of rotatable bonds is 6. The number of aliphatic hydroxyl groups excluding tert-OH is 1. The molecule has 0 fully saturated rings. The highest BCUT2D eigenvalue weighted by Crippen LogP contribution is 2.28. The number of ether oxygens (including phenoxy) is 1. The summed E-state index contributed by atoms with van der Waals surface area (Å²) in [4.78, 5) is 12.4. The van der Waals surface area contributed by atoms with Gasteiger partial charge in [-0.15, -0.1) is 0 Å². The molecule has 6 heteroatoms. The number of nitrogens with one attached hydrogen (secondary N) is 1. The molecule has 2 aromatic carbocycles. The van der Waals surface area contributed by atoms with Gasteiger partial charge in [-0.1, -0.05) is 36.4 Å². The van der Waals surface area contributed by atoms with E-state index in [1.807, 2.05) is 36.4 Å². The Morgan fingerprint density at radius 3 is 2.68 bits per heavy atom. The molecular formula is C22H19NO5. The van der Waals surface area contributed by atoms with Crippen molar-refractivity contribution in [1.82, 2.24) is 5.32 Å². The maximum Gasteiger partial charge on any atom is 0.287 e. The third kappa shape index (κ3) is 3.50. The largest absolute Gasteiger partial charge is 0.493 e. The summed E-state index contributed by atoms with van der Waals surface area (Å²) in [5, 5.41) is 13.8. The molecule has 1 unspecified atom stereocenters. The van der Waals surface area contributed by atoms with E-state index in [9.17, 15) is 9.90 Å². The third-order valence-electron chi connectivity index (χ3n) is 4.51. The average molecular weight is 377 g/mol. The van der Waals surface area contributed by atoms with E-state index in [4.69, 9.17) is 13.6 Å². The van der Waals surface area contributed by atoms with E-state index >= 15 is 0 Å².